The molecule has 0 radical (unpaired) electrons. The van der Waals surface area contributed by atoms with E-state index in [9.17, 15) is 23.5 Å². The fourth-order valence-electron chi connectivity index (χ4n) is 3.56. The Labute approximate surface area is 206 Å². The molecule has 0 unspecified atom stereocenters. The molecule has 0 aliphatic rings. The molecular weight excluding hydrogens is 454 g/mol. The average molecular weight is 491 g/mol. The molecule has 0 fully saturated rings. The maximum absolute atomic E-state index is 14.1. The number of unbranched alkanes of at least 4 members (excludes halogenated alkanes) is 4. The minimum Gasteiger partial charge on any atom is -0.478 e. The van der Waals surface area contributed by atoms with E-state index < -0.39 is 29.2 Å². The number of carbonyl (C=O) groups excluding carboxylic acids is 1. The lowest BCUT2D eigenvalue weighted by Gasteiger charge is -2.25. The monoisotopic (exact) mass is 490 g/mol. The summed E-state index contributed by atoms with van der Waals surface area (Å²) in [5.41, 5.74) is -0.527. The summed E-state index contributed by atoms with van der Waals surface area (Å²) < 4.78 is 33.0. The number of hydrogen-bond donors (Lipinski definition) is 2. The van der Waals surface area contributed by atoms with Crippen molar-refractivity contribution in [3.63, 3.8) is 0 Å². The van der Waals surface area contributed by atoms with Crippen LogP contribution >= 0.6 is 0 Å². The maximum atomic E-state index is 14.1. The van der Waals surface area contributed by atoms with Gasteiger partial charge in [-0.2, -0.15) is 0 Å². The van der Waals surface area contributed by atoms with Crippen LogP contribution in [0.25, 0.3) is 0 Å². The van der Waals surface area contributed by atoms with Crippen LogP contribution in [0.1, 0.15) is 64.9 Å². The van der Waals surface area contributed by atoms with Gasteiger partial charge in [-0.05, 0) is 56.0 Å². The highest BCUT2D eigenvalue weighted by Crippen LogP contribution is 2.23. The Morgan fingerprint density at radius 3 is 2.43 bits per heavy atom. The molecule has 0 aromatic heterocycles. The number of benzene rings is 2. The van der Waals surface area contributed by atoms with Crippen LogP contribution < -0.4 is 10.1 Å². The van der Waals surface area contributed by atoms with E-state index in [0.717, 1.165) is 49.8 Å². The molecule has 2 rings (SSSR count). The van der Waals surface area contributed by atoms with E-state index in [4.69, 9.17) is 4.74 Å². The number of nitrogens with zero attached hydrogens (tertiary/aromatic N) is 1. The number of carbonyl (C=O) groups is 2. The molecular formula is C27H36F2N2O4. The van der Waals surface area contributed by atoms with Crippen LogP contribution in [0.5, 0.6) is 5.75 Å². The Hall–Kier alpha value is -3.16. The first-order valence-electron chi connectivity index (χ1n) is 12.2. The average Bonchev–Trinajstić information content (AvgIpc) is 2.82. The van der Waals surface area contributed by atoms with Gasteiger partial charge in [-0.3, -0.25) is 0 Å². The number of carboxylic acid groups (broad SMARTS) is 1. The fourth-order valence-corrected chi connectivity index (χ4v) is 3.56. The van der Waals surface area contributed by atoms with Gasteiger partial charge in [0.2, 0.25) is 5.60 Å². The van der Waals surface area contributed by atoms with Gasteiger partial charge in [0.15, 0.2) is 0 Å². The molecule has 2 aromatic carbocycles. The number of anilines is 1. The van der Waals surface area contributed by atoms with Gasteiger partial charge in [-0.1, -0.05) is 51.7 Å². The van der Waals surface area contributed by atoms with Crippen LogP contribution in [0.3, 0.4) is 0 Å². The molecule has 0 aliphatic heterocycles. The minimum absolute atomic E-state index is 0.0738. The van der Waals surface area contributed by atoms with Crippen molar-refractivity contribution in [2.75, 3.05) is 18.4 Å². The normalized spacial score (nSPS) is 12.6. The van der Waals surface area contributed by atoms with Crippen molar-refractivity contribution in [3.05, 3.63) is 59.7 Å². The lowest BCUT2D eigenvalue weighted by atomic mass is 10.0. The van der Waals surface area contributed by atoms with Crippen molar-refractivity contribution < 1.29 is 28.2 Å². The van der Waals surface area contributed by atoms with Crippen molar-refractivity contribution in [2.45, 2.75) is 71.3 Å². The first-order valence-corrected chi connectivity index (χ1v) is 12.2. The van der Waals surface area contributed by atoms with Gasteiger partial charge in [-0.25, -0.2) is 18.4 Å². The summed E-state index contributed by atoms with van der Waals surface area (Å²) in [6, 6.07) is 9.72. The van der Waals surface area contributed by atoms with E-state index in [1.807, 2.05) is 6.07 Å². The van der Waals surface area contributed by atoms with Crippen LogP contribution in [0.4, 0.5) is 19.3 Å². The van der Waals surface area contributed by atoms with E-state index in [-0.39, 0.29) is 5.69 Å². The lowest BCUT2D eigenvalue weighted by molar-refractivity contribution is -0.154. The molecule has 35 heavy (non-hydrogen) atoms. The third kappa shape index (κ3) is 8.85. The molecule has 8 heteroatoms. The fraction of sp³-hybridized carbons (Fsp3) is 0.481. The first-order chi connectivity index (χ1) is 16.7. The summed E-state index contributed by atoms with van der Waals surface area (Å²) in [5.74, 6) is -2.14. The summed E-state index contributed by atoms with van der Waals surface area (Å²) in [6.07, 6.45) is 5.93. The van der Waals surface area contributed by atoms with E-state index in [1.165, 1.54) is 13.0 Å². The topological polar surface area (TPSA) is 78.9 Å². The second-order valence-corrected chi connectivity index (χ2v) is 8.84. The van der Waals surface area contributed by atoms with E-state index in [2.05, 4.69) is 12.2 Å². The maximum Gasteiger partial charge on any atom is 0.347 e. The third-order valence-electron chi connectivity index (χ3n) is 6.03. The smallest absolute Gasteiger partial charge is 0.347 e. The molecule has 6 nitrogen and oxygen atoms in total. The number of ether oxygens (including phenoxy) is 1. The van der Waals surface area contributed by atoms with Gasteiger partial charge in [0.05, 0.1) is 5.69 Å². The molecule has 0 bridgehead atoms. The Balaban J connectivity index is 2.08. The van der Waals surface area contributed by atoms with Gasteiger partial charge in [0, 0.05) is 19.2 Å². The quantitative estimate of drug-likeness (QED) is 0.291. The number of halogens is 2. The number of hydrogen-bond acceptors (Lipinski definition) is 3. The van der Waals surface area contributed by atoms with Gasteiger partial charge in [0.1, 0.15) is 17.4 Å². The van der Waals surface area contributed by atoms with Crippen LogP contribution in [-0.4, -0.2) is 40.7 Å². The van der Waals surface area contributed by atoms with Crippen molar-refractivity contribution >= 4 is 17.7 Å². The summed E-state index contributed by atoms with van der Waals surface area (Å²) in [5, 5.41) is 12.0. The minimum atomic E-state index is -1.33. The number of urea groups is 1. The first kappa shape index (κ1) is 28.1. The predicted molar refractivity (Wildman–Crippen MR) is 133 cm³/mol. The predicted octanol–water partition coefficient (Wildman–Crippen LogP) is 6.64. The highest BCUT2D eigenvalue weighted by molar-refractivity contribution is 5.89. The lowest BCUT2D eigenvalue weighted by Crippen LogP contribution is -2.40. The Morgan fingerprint density at radius 2 is 1.77 bits per heavy atom. The molecule has 192 valence electrons. The van der Waals surface area contributed by atoms with Crippen LogP contribution in [0.15, 0.2) is 42.5 Å². The molecule has 0 saturated carbocycles. The second-order valence-electron chi connectivity index (χ2n) is 8.84. The van der Waals surface area contributed by atoms with E-state index in [1.54, 1.807) is 30.0 Å². The summed E-state index contributed by atoms with van der Waals surface area (Å²) in [7, 11) is 0. The molecule has 2 aromatic rings. The largest absolute Gasteiger partial charge is 0.478 e. The molecule has 0 spiro atoms. The molecule has 1 atom stereocenters. The summed E-state index contributed by atoms with van der Waals surface area (Å²) in [4.78, 5) is 26.1. The van der Waals surface area contributed by atoms with Gasteiger partial charge < -0.3 is 20.1 Å². The Bertz CT molecular complexity index is 985. The van der Waals surface area contributed by atoms with Crippen molar-refractivity contribution in [1.82, 2.24) is 4.90 Å². The zero-order chi connectivity index (χ0) is 25.8. The standard InChI is InChI=1S/C27H36F2N2O4/c1-4-6-7-8-9-16-31(26(34)30-24-14-13-21(28)19-23(24)29)17-15-20-11-10-12-22(18-20)35-27(3,5-2)25(32)33/h10-14,18-19H,4-9,15-17H2,1-3H3,(H,30,34)(H,32,33)/t27-/m0/s1. The van der Waals surface area contributed by atoms with Gasteiger partial charge in [0.25, 0.3) is 0 Å². The highest BCUT2D eigenvalue weighted by Gasteiger charge is 2.33. The van der Waals surface area contributed by atoms with Crippen LogP contribution in [-0.2, 0) is 11.2 Å². The SMILES string of the molecule is CCCCCCCN(CCc1cccc(O[C@@](C)(CC)C(=O)O)c1)C(=O)Nc1ccc(F)cc1F. The molecule has 2 N–H and O–H groups in total. The molecule has 0 heterocycles. The Kier molecular flexibility index (Phi) is 11.0. The van der Waals surface area contributed by atoms with Gasteiger partial charge >= 0.3 is 12.0 Å². The van der Waals surface area contributed by atoms with E-state index >= 15 is 0 Å². The van der Waals surface area contributed by atoms with Gasteiger partial charge in [-0.15, -0.1) is 0 Å². The van der Waals surface area contributed by atoms with Crippen molar-refractivity contribution in [1.29, 1.82) is 0 Å². The van der Waals surface area contributed by atoms with Crippen LogP contribution in [0, 0.1) is 11.6 Å². The number of amides is 2. The third-order valence-corrected chi connectivity index (χ3v) is 6.03. The molecule has 0 saturated heterocycles. The molecule has 0 aliphatic carbocycles. The van der Waals surface area contributed by atoms with Crippen LogP contribution in [0.2, 0.25) is 0 Å². The number of carboxylic acids is 1. The highest BCUT2D eigenvalue weighted by atomic mass is 19.1. The molecule has 2 amide bonds. The van der Waals surface area contributed by atoms with E-state index in [0.29, 0.717) is 31.7 Å². The zero-order valence-electron chi connectivity index (χ0n) is 20.8. The van der Waals surface area contributed by atoms with Crippen molar-refractivity contribution in [3.8, 4) is 5.75 Å². The number of nitrogens with one attached hydrogen (secondary N) is 1. The number of aliphatic carboxylic acids is 1. The zero-order valence-corrected chi connectivity index (χ0v) is 20.8. The summed E-state index contributed by atoms with van der Waals surface area (Å²) >= 11 is 0. The second kappa shape index (κ2) is 13.7. The number of rotatable bonds is 14. The Morgan fingerprint density at radius 1 is 1.03 bits per heavy atom. The van der Waals surface area contributed by atoms with Crippen molar-refractivity contribution in [2.24, 2.45) is 0 Å². The summed E-state index contributed by atoms with van der Waals surface area (Å²) in [6.45, 7) is 6.28.